The lowest BCUT2D eigenvalue weighted by atomic mass is 10.1. The van der Waals surface area contributed by atoms with Gasteiger partial charge in [-0.15, -0.1) is 0 Å². The van der Waals surface area contributed by atoms with E-state index >= 15 is 0 Å². The van der Waals surface area contributed by atoms with Crippen LogP contribution in [0.25, 0.3) is 0 Å². The van der Waals surface area contributed by atoms with Gasteiger partial charge in [0.05, 0.1) is 6.04 Å². The number of carbonyl (C=O) groups excluding carboxylic acids is 2. The lowest BCUT2D eigenvalue weighted by Crippen LogP contribution is -2.54. The van der Waals surface area contributed by atoms with Crippen LogP contribution >= 0.6 is 0 Å². The summed E-state index contributed by atoms with van der Waals surface area (Å²) >= 11 is 0. The van der Waals surface area contributed by atoms with Crippen LogP contribution in [0.3, 0.4) is 0 Å². The number of hydrogen-bond donors (Lipinski definition) is 0. The number of cyclic esters (lactones) is 1. The third kappa shape index (κ3) is 3.52. The number of ether oxygens (including phenoxy) is 1. The van der Waals surface area contributed by atoms with Crippen LogP contribution in [0, 0.1) is 6.92 Å². The van der Waals surface area contributed by atoms with E-state index in [4.69, 9.17) is 9.15 Å². The van der Waals surface area contributed by atoms with E-state index in [2.05, 4.69) is 0 Å². The first-order valence-electron chi connectivity index (χ1n) is 9.43. The van der Waals surface area contributed by atoms with Crippen molar-refractivity contribution in [1.29, 1.82) is 0 Å². The molecule has 2 amide bonds. The lowest BCUT2D eigenvalue weighted by Gasteiger charge is -2.35. The molecule has 2 aliphatic rings. The molecular weight excluding hydrogens is 360 g/mol. The summed E-state index contributed by atoms with van der Waals surface area (Å²) in [4.78, 5) is 40.3. The predicted octanol–water partition coefficient (Wildman–Crippen LogP) is 2.01. The molecule has 4 rings (SSSR count). The highest BCUT2D eigenvalue weighted by molar-refractivity contribution is 5.95. The van der Waals surface area contributed by atoms with E-state index in [9.17, 15) is 14.4 Å². The van der Waals surface area contributed by atoms with Crippen LogP contribution in [0.15, 0.2) is 45.6 Å². The number of piperazine rings is 1. The van der Waals surface area contributed by atoms with Crippen molar-refractivity contribution in [1.82, 2.24) is 9.80 Å². The zero-order chi connectivity index (χ0) is 19.7. The second-order valence-electron chi connectivity index (χ2n) is 7.22. The maximum absolute atomic E-state index is 12.9. The van der Waals surface area contributed by atoms with Crippen molar-refractivity contribution in [2.75, 3.05) is 26.2 Å². The Labute approximate surface area is 162 Å². The van der Waals surface area contributed by atoms with E-state index in [1.54, 1.807) is 22.8 Å². The Balaban J connectivity index is 1.48. The molecule has 7 nitrogen and oxygen atoms in total. The minimum Gasteiger partial charge on any atom is -0.447 e. The van der Waals surface area contributed by atoms with Crippen LogP contribution in [0.5, 0.6) is 0 Å². The first-order valence-corrected chi connectivity index (χ1v) is 9.43. The van der Waals surface area contributed by atoms with Crippen LogP contribution in [0.4, 0.5) is 4.79 Å². The van der Waals surface area contributed by atoms with Gasteiger partial charge < -0.3 is 14.1 Å². The highest BCUT2D eigenvalue weighted by Gasteiger charge is 2.39. The van der Waals surface area contributed by atoms with Crippen molar-refractivity contribution < 1.29 is 18.7 Å². The fourth-order valence-electron chi connectivity index (χ4n) is 3.80. The minimum atomic E-state index is -0.603. The zero-order valence-corrected chi connectivity index (χ0v) is 15.7. The Morgan fingerprint density at radius 1 is 1.14 bits per heavy atom. The molecule has 2 fully saturated rings. The number of carbonyl (C=O) groups is 2. The zero-order valence-electron chi connectivity index (χ0n) is 15.7. The number of amides is 2. The summed E-state index contributed by atoms with van der Waals surface area (Å²) in [6.45, 7) is 3.18. The maximum atomic E-state index is 12.9. The molecule has 2 aromatic rings. The SMILES string of the molecule is Cc1cc(CCc2ccccc2)oc(=O)c1C(=O)N1CCN2C(=O)OCC2C1. The maximum Gasteiger partial charge on any atom is 0.410 e. The van der Waals surface area contributed by atoms with E-state index in [0.717, 1.165) is 12.0 Å². The van der Waals surface area contributed by atoms with Crippen molar-refractivity contribution in [3.8, 4) is 0 Å². The van der Waals surface area contributed by atoms with Crippen LogP contribution in [0.1, 0.15) is 27.2 Å². The average molecular weight is 382 g/mol. The molecule has 0 radical (unpaired) electrons. The van der Waals surface area contributed by atoms with Crippen LogP contribution in [0.2, 0.25) is 0 Å². The van der Waals surface area contributed by atoms with Crippen molar-refractivity contribution in [3.05, 3.63) is 69.3 Å². The number of aryl methyl sites for hydroxylation is 3. The van der Waals surface area contributed by atoms with Gasteiger partial charge in [-0.05, 0) is 30.5 Å². The van der Waals surface area contributed by atoms with Crippen molar-refractivity contribution >= 4 is 12.0 Å². The summed E-state index contributed by atoms with van der Waals surface area (Å²) in [5.41, 5.74) is 1.25. The molecule has 146 valence electrons. The molecule has 28 heavy (non-hydrogen) atoms. The van der Waals surface area contributed by atoms with Gasteiger partial charge in [0.2, 0.25) is 0 Å². The highest BCUT2D eigenvalue weighted by atomic mass is 16.6. The Morgan fingerprint density at radius 3 is 2.68 bits per heavy atom. The second-order valence-corrected chi connectivity index (χ2v) is 7.22. The summed E-state index contributed by atoms with van der Waals surface area (Å²) in [7, 11) is 0. The van der Waals surface area contributed by atoms with E-state index in [1.807, 2.05) is 30.3 Å². The third-order valence-electron chi connectivity index (χ3n) is 5.32. The van der Waals surface area contributed by atoms with Gasteiger partial charge in [-0.1, -0.05) is 30.3 Å². The van der Waals surface area contributed by atoms with Gasteiger partial charge in [-0.25, -0.2) is 9.59 Å². The standard InChI is InChI=1S/C21H22N2O5/c1-14-11-17(8-7-15-5-3-2-4-6-15)28-20(25)18(14)19(24)22-9-10-23-16(12-22)13-27-21(23)26/h2-6,11,16H,7-10,12-13H2,1H3. The van der Waals surface area contributed by atoms with Crippen molar-refractivity contribution in [2.24, 2.45) is 0 Å². The van der Waals surface area contributed by atoms with Crippen LogP contribution in [-0.4, -0.2) is 54.1 Å². The molecule has 7 heteroatoms. The van der Waals surface area contributed by atoms with Gasteiger partial charge in [0, 0.05) is 26.1 Å². The number of benzene rings is 1. The van der Waals surface area contributed by atoms with Crippen LogP contribution < -0.4 is 5.63 Å². The largest absolute Gasteiger partial charge is 0.447 e. The normalized spacial score (nSPS) is 18.8. The quantitative estimate of drug-likeness (QED) is 0.808. The van der Waals surface area contributed by atoms with Crippen LogP contribution in [-0.2, 0) is 17.6 Å². The summed E-state index contributed by atoms with van der Waals surface area (Å²) in [6.07, 6.45) is 1.01. The minimum absolute atomic E-state index is 0.0714. The molecular formula is C21H22N2O5. The topological polar surface area (TPSA) is 80.1 Å². The van der Waals surface area contributed by atoms with Gasteiger partial charge in [0.25, 0.3) is 5.91 Å². The predicted molar refractivity (Wildman–Crippen MR) is 101 cm³/mol. The fourth-order valence-corrected chi connectivity index (χ4v) is 3.80. The number of nitrogens with zero attached hydrogens (tertiary/aromatic N) is 2. The molecule has 0 aliphatic carbocycles. The number of rotatable bonds is 4. The Bertz CT molecular complexity index is 953. The van der Waals surface area contributed by atoms with Crippen molar-refractivity contribution in [3.63, 3.8) is 0 Å². The molecule has 2 saturated heterocycles. The van der Waals surface area contributed by atoms with E-state index in [-0.39, 0.29) is 30.2 Å². The summed E-state index contributed by atoms with van der Waals surface area (Å²) in [5.74, 6) is 0.224. The molecule has 0 saturated carbocycles. The first kappa shape index (κ1) is 18.3. The number of fused-ring (bicyclic) bond motifs is 1. The van der Waals surface area contributed by atoms with Gasteiger partial charge in [-0.3, -0.25) is 9.69 Å². The molecule has 0 bridgehead atoms. The number of hydrogen-bond acceptors (Lipinski definition) is 5. The van der Waals surface area contributed by atoms with Crippen molar-refractivity contribution in [2.45, 2.75) is 25.8 Å². The fraction of sp³-hybridized carbons (Fsp3) is 0.381. The van der Waals surface area contributed by atoms with Gasteiger partial charge in [0.1, 0.15) is 17.9 Å². The summed E-state index contributed by atoms with van der Waals surface area (Å²) < 4.78 is 10.5. The van der Waals surface area contributed by atoms with E-state index < -0.39 is 5.63 Å². The Hall–Kier alpha value is -3.09. The summed E-state index contributed by atoms with van der Waals surface area (Å²) in [6, 6.07) is 11.6. The first-order chi connectivity index (χ1) is 13.5. The highest BCUT2D eigenvalue weighted by Crippen LogP contribution is 2.20. The lowest BCUT2D eigenvalue weighted by molar-refractivity contribution is 0.0611. The molecule has 3 heterocycles. The molecule has 1 unspecified atom stereocenters. The molecule has 0 N–H and O–H groups in total. The monoisotopic (exact) mass is 382 g/mol. The average Bonchev–Trinajstić information content (AvgIpc) is 3.07. The third-order valence-corrected chi connectivity index (χ3v) is 5.32. The molecule has 1 aromatic carbocycles. The Kier molecular flexibility index (Phi) is 4.90. The van der Waals surface area contributed by atoms with E-state index in [0.29, 0.717) is 37.4 Å². The molecule has 1 atom stereocenters. The van der Waals surface area contributed by atoms with Gasteiger partial charge in [0.15, 0.2) is 0 Å². The van der Waals surface area contributed by atoms with Gasteiger partial charge >= 0.3 is 11.7 Å². The van der Waals surface area contributed by atoms with Gasteiger partial charge in [-0.2, -0.15) is 0 Å². The molecule has 2 aliphatic heterocycles. The molecule has 1 aromatic heterocycles. The second kappa shape index (κ2) is 7.50. The summed E-state index contributed by atoms with van der Waals surface area (Å²) in [5, 5.41) is 0. The smallest absolute Gasteiger partial charge is 0.410 e. The molecule has 0 spiro atoms. The van der Waals surface area contributed by atoms with E-state index in [1.165, 1.54) is 0 Å². The Morgan fingerprint density at radius 2 is 1.93 bits per heavy atom.